The molecule has 0 atom stereocenters. The fraction of sp³-hybridized carbons (Fsp3) is 0.0556. The number of aryl methyl sites for hydroxylation is 1. The topological polar surface area (TPSA) is 66.5 Å². The number of H-pyrrole nitrogens is 1. The number of hydrogen-bond acceptors (Lipinski definition) is 4. The van der Waals surface area contributed by atoms with Crippen LogP contribution in [-0.2, 0) is 0 Å². The number of benzene rings is 2. The number of aromatic amines is 1. The van der Waals surface area contributed by atoms with Crippen molar-refractivity contribution in [2.24, 2.45) is 0 Å². The van der Waals surface area contributed by atoms with Gasteiger partial charge in [0, 0.05) is 17.0 Å². The molecule has 4 rings (SSSR count). The van der Waals surface area contributed by atoms with Gasteiger partial charge in [0.15, 0.2) is 5.82 Å². The molecule has 124 valence electrons. The lowest BCUT2D eigenvalue weighted by molar-refractivity contribution is 1.05. The highest BCUT2D eigenvalue weighted by molar-refractivity contribution is 6.42. The van der Waals surface area contributed by atoms with Gasteiger partial charge >= 0.3 is 0 Å². The predicted octanol–water partition coefficient (Wildman–Crippen LogP) is 5.38. The normalized spacial score (nSPS) is 11.0. The van der Waals surface area contributed by atoms with Crippen LogP contribution in [0, 0.1) is 6.92 Å². The fourth-order valence-corrected chi connectivity index (χ4v) is 2.85. The van der Waals surface area contributed by atoms with Crippen molar-refractivity contribution in [3.8, 4) is 11.4 Å². The fourth-order valence-electron chi connectivity index (χ4n) is 2.55. The Bertz CT molecular complexity index is 1070. The summed E-state index contributed by atoms with van der Waals surface area (Å²) in [4.78, 5) is 9.32. The van der Waals surface area contributed by atoms with E-state index in [1.165, 1.54) is 0 Å². The SMILES string of the molecule is Cc1cc(Nc2nc(-c3ccc(Cl)c(Cl)c3)nc3ccccc23)[nH]n1. The molecule has 2 heterocycles. The largest absolute Gasteiger partial charge is 0.325 e. The third-order valence-electron chi connectivity index (χ3n) is 3.74. The lowest BCUT2D eigenvalue weighted by atomic mass is 10.2. The molecule has 0 saturated carbocycles. The van der Waals surface area contributed by atoms with Crippen LogP contribution < -0.4 is 5.32 Å². The van der Waals surface area contributed by atoms with Crippen LogP contribution in [0.3, 0.4) is 0 Å². The zero-order valence-corrected chi connectivity index (χ0v) is 14.7. The van der Waals surface area contributed by atoms with Gasteiger partial charge in [0.2, 0.25) is 0 Å². The number of anilines is 2. The monoisotopic (exact) mass is 369 g/mol. The summed E-state index contributed by atoms with van der Waals surface area (Å²) in [6, 6.07) is 15.1. The van der Waals surface area contributed by atoms with Gasteiger partial charge in [-0.2, -0.15) is 5.10 Å². The number of hydrogen-bond donors (Lipinski definition) is 2. The molecule has 7 heteroatoms. The van der Waals surface area contributed by atoms with Gasteiger partial charge < -0.3 is 5.32 Å². The minimum absolute atomic E-state index is 0.467. The molecule has 4 aromatic rings. The third-order valence-corrected chi connectivity index (χ3v) is 4.48. The molecule has 2 N–H and O–H groups in total. The first-order valence-electron chi connectivity index (χ1n) is 7.61. The van der Waals surface area contributed by atoms with E-state index < -0.39 is 0 Å². The van der Waals surface area contributed by atoms with Gasteiger partial charge in [0.05, 0.1) is 21.3 Å². The van der Waals surface area contributed by atoms with E-state index in [4.69, 9.17) is 23.2 Å². The van der Waals surface area contributed by atoms with E-state index in [-0.39, 0.29) is 0 Å². The molecular formula is C18H13Cl2N5. The van der Waals surface area contributed by atoms with Gasteiger partial charge in [-0.1, -0.05) is 35.3 Å². The minimum atomic E-state index is 0.467. The van der Waals surface area contributed by atoms with Crippen LogP contribution in [-0.4, -0.2) is 20.2 Å². The van der Waals surface area contributed by atoms with Crippen LogP contribution in [0.2, 0.25) is 10.0 Å². The molecule has 5 nitrogen and oxygen atoms in total. The second-order valence-corrected chi connectivity index (χ2v) is 6.40. The Balaban J connectivity index is 1.86. The highest BCUT2D eigenvalue weighted by Crippen LogP contribution is 2.30. The summed E-state index contributed by atoms with van der Waals surface area (Å²) in [6.07, 6.45) is 0. The first-order chi connectivity index (χ1) is 12.1. The highest BCUT2D eigenvalue weighted by Gasteiger charge is 2.11. The molecule has 0 unspecified atom stereocenters. The van der Waals surface area contributed by atoms with Crippen molar-refractivity contribution in [2.45, 2.75) is 6.92 Å². The first-order valence-corrected chi connectivity index (χ1v) is 8.37. The minimum Gasteiger partial charge on any atom is -0.325 e. The van der Waals surface area contributed by atoms with E-state index in [1.54, 1.807) is 12.1 Å². The van der Waals surface area contributed by atoms with Gasteiger partial charge in [0.1, 0.15) is 11.6 Å². The summed E-state index contributed by atoms with van der Waals surface area (Å²) < 4.78 is 0. The van der Waals surface area contributed by atoms with Gasteiger partial charge in [0.25, 0.3) is 0 Å². The molecule has 0 fully saturated rings. The first kappa shape index (κ1) is 15.9. The number of aromatic nitrogens is 4. The van der Waals surface area contributed by atoms with E-state index in [2.05, 4.69) is 25.5 Å². The predicted molar refractivity (Wildman–Crippen MR) is 102 cm³/mol. The molecule has 0 amide bonds. The van der Waals surface area contributed by atoms with Crippen molar-refractivity contribution in [3.63, 3.8) is 0 Å². The van der Waals surface area contributed by atoms with Crippen LogP contribution in [0.1, 0.15) is 5.69 Å². The average molecular weight is 370 g/mol. The van der Waals surface area contributed by atoms with Gasteiger partial charge in [-0.25, -0.2) is 9.97 Å². The average Bonchev–Trinajstić information content (AvgIpc) is 3.02. The molecule has 0 radical (unpaired) electrons. The molecule has 25 heavy (non-hydrogen) atoms. The molecule has 0 saturated heterocycles. The Morgan fingerprint density at radius 2 is 1.80 bits per heavy atom. The number of nitrogens with one attached hydrogen (secondary N) is 2. The van der Waals surface area contributed by atoms with Gasteiger partial charge in [-0.3, -0.25) is 5.10 Å². The second-order valence-electron chi connectivity index (χ2n) is 5.59. The van der Waals surface area contributed by atoms with E-state index in [1.807, 2.05) is 43.3 Å². The summed E-state index contributed by atoms with van der Waals surface area (Å²) in [7, 11) is 0. The summed E-state index contributed by atoms with van der Waals surface area (Å²) in [5.41, 5.74) is 2.52. The number of fused-ring (bicyclic) bond motifs is 1. The maximum Gasteiger partial charge on any atom is 0.162 e. The molecular weight excluding hydrogens is 357 g/mol. The maximum absolute atomic E-state index is 6.14. The smallest absolute Gasteiger partial charge is 0.162 e. The van der Waals surface area contributed by atoms with Crippen molar-refractivity contribution in [3.05, 3.63) is 64.3 Å². The van der Waals surface area contributed by atoms with E-state index >= 15 is 0 Å². The van der Waals surface area contributed by atoms with E-state index in [9.17, 15) is 0 Å². The Hall–Kier alpha value is -2.63. The second kappa shape index (κ2) is 6.35. The van der Waals surface area contributed by atoms with E-state index in [0.29, 0.717) is 21.7 Å². The Morgan fingerprint density at radius 3 is 2.56 bits per heavy atom. The summed E-state index contributed by atoms with van der Waals surface area (Å²) in [5, 5.41) is 12.2. The quantitative estimate of drug-likeness (QED) is 0.508. The van der Waals surface area contributed by atoms with Crippen molar-refractivity contribution in [1.29, 1.82) is 0 Å². The van der Waals surface area contributed by atoms with Crippen LogP contribution in [0.25, 0.3) is 22.3 Å². The zero-order chi connectivity index (χ0) is 17.4. The number of para-hydroxylation sites is 1. The van der Waals surface area contributed by atoms with E-state index in [0.717, 1.165) is 28.0 Å². The lowest BCUT2D eigenvalue weighted by Gasteiger charge is -2.10. The molecule has 0 aliphatic rings. The Morgan fingerprint density at radius 1 is 0.960 bits per heavy atom. The molecule has 2 aromatic carbocycles. The van der Waals surface area contributed by atoms with Crippen molar-refractivity contribution < 1.29 is 0 Å². The summed E-state index contributed by atoms with van der Waals surface area (Å²) >= 11 is 12.1. The number of halogens is 2. The molecule has 0 spiro atoms. The van der Waals surface area contributed by atoms with Crippen LogP contribution in [0.15, 0.2) is 48.5 Å². The van der Waals surface area contributed by atoms with Gasteiger partial charge in [-0.05, 0) is 37.3 Å². The number of rotatable bonds is 3. The number of nitrogens with zero attached hydrogens (tertiary/aromatic N) is 3. The molecule has 0 bridgehead atoms. The summed E-state index contributed by atoms with van der Waals surface area (Å²) in [5.74, 6) is 2.02. The third kappa shape index (κ3) is 3.16. The van der Waals surface area contributed by atoms with Crippen LogP contribution in [0.4, 0.5) is 11.6 Å². The lowest BCUT2D eigenvalue weighted by Crippen LogP contribution is -1.99. The zero-order valence-electron chi connectivity index (χ0n) is 13.2. The van der Waals surface area contributed by atoms with Crippen LogP contribution >= 0.6 is 23.2 Å². The molecule has 2 aromatic heterocycles. The molecule has 0 aliphatic heterocycles. The molecule has 0 aliphatic carbocycles. The Kier molecular flexibility index (Phi) is 4.03. The highest BCUT2D eigenvalue weighted by atomic mass is 35.5. The maximum atomic E-state index is 6.14. The standard InChI is InChI=1S/C18H13Cl2N5/c1-10-8-16(25-24-10)22-18-12-4-2-3-5-15(12)21-17(23-18)11-6-7-13(19)14(20)9-11/h2-9H,1H3,(H2,21,22,23,24,25). The van der Waals surface area contributed by atoms with Crippen molar-refractivity contribution in [2.75, 3.05) is 5.32 Å². The summed E-state index contributed by atoms with van der Waals surface area (Å²) in [6.45, 7) is 1.92. The Labute approximate surface area is 154 Å². The van der Waals surface area contributed by atoms with Crippen molar-refractivity contribution in [1.82, 2.24) is 20.2 Å². The van der Waals surface area contributed by atoms with Gasteiger partial charge in [-0.15, -0.1) is 0 Å². The van der Waals surface area contributed by atoms with Crippen LogP contribution in [0.5, 0.6) is 0 Å². The van der Waals surface area contributed by atoms with Crippen molar-refractivity contribution >= 4 is 45.7 Å².